The summed E-state index contributed by atoms with van der Waals surface area (Å²) in [6, 6.07) is 0. The molecule has 1 aliphatic rings. The van der Waals surface area contributed by atoms with Crippen LogP contribution in [0.5, 0.6) is 0 Å². The lowest BCUT2D eigenvalue weighted by Crippen LogP contribution is -2.21. The number of hydrogen-bond donors (Lipinski definition) is 0. The van der Waals surface area contributed by atoms with E-state index in [1.807, 2.05) is 6.92 Å². The van der Waals surface area contributed by atoms with Crippen molar-refractivity contribution >= 4 is 12.1 Å². The zero-order chi connectivity index (χ0) is 8.27. The minimum absolute atomic E-state index is 0.794. The molecule has 0 spiro atoms. The Balaban J connectivity index is 2.85. The Bertz CT molecular complexity index is 238. The molecule has 3 nitrogen and oxygen atoms in total. The molecule has 0 atom stereocenters. The van der Waals surface area contributed by atoms with Crippen LogP contribution in [0.1, 0.15) is 6.92 Å². The Morgan fingerprint density at radius 3 is 3.09 bits per heavy atom. The molecular weight excluding hydrogens is 138 g/mol. The molecule has 0 radical (unpaired) electrons. The van der Waals surface area contributed by atoms with E-state index in [1.165, 1.54) is 6.20 Å². The molecule has 0 aromatic rings. The van der Waals surface area contributed by atoms with Gasteiger partial charge in [0.25, 0.3) is 0 Å². The number of rotatable bonds is 2. The molecule has 0 saturated carbocycles. The molecule has 0 bridgehead atoms. The SMILES string of the molecule is C=CN=C1C(=C)C=NN1CC. The van der Waals surface area contributed by atoms with Crippen LogP contribution in [0.4, 0.5) is 0 Å². The van der Waals surface area contributed by atoms with Crippen molar-refractivity contribution in [3.05, 3.63) is 24.9 Å². The summed E-state index contributed by atoms with van der Waals surface area (Å²) in [6.07, 6.45) is 3.20. The van der Waals surface area contributed by atoms with Gasteiger partial charge in [-0.1, -0.05) is 13.2 Å². The highest BCUT2D eigenvalue weighted by Gasteiger charge is 2.15. The van der Waals surface area contributed by atoms with Crippen LogP contribution < -0.4 is 0 Å². The third kappa shape index (κ3) is 1.37. The lowest BCUT2D eigenvalue weighted by Gasteiger charge is -2.10. The van der Waals surface area contributed by atoms with Gasteiger partial charge in [-0.3, -0.25) is 0 Å². The number of amidine groups is 1. The average Bonchev–Trinajstić information content (AvgIpc) is 2.34. The van der Waals surface area contributed by atoms with Crippen molar-refractivity contribution in [2.24, 2.45) is 10.1 Å². The van der Waals surface area contributed by atoms with E-state index < -0.39 is 0 Å². The molecule has 1 rings (SSSR count). The molecule has 11 heavy (non-hydrogen) atoms. The summed E-state index contributed by atoms with van der Waals surface area (Å²) in [6.45, 7) is 10.1. The van der Waals surface area contributed by atoms with Gasteiger partial charge in [0.2, 0.25) is 0 Å². The van der Waals surface area contributed by atoms with Gasteiger partial charge in [0, 0.05) is 18.3 Å². The molecule has 0 saturated heterocycles. The Labute approximate surface area is 66.4 Å². The second-order valence-corrected chi connectivity index (χ2v) is 2.12. The van der Waals surface area contributed by atoms with Gasteiger partial charge in [-0.05, 0) is 6.92 Å². The minimum atomic E-state index is 0.794. The standard InChI is InChI=1S/C8H11N3/c1-4-9-8-7(3)6-10-11(8)5-2/h4,6H,1,3,5H2,2H3. The van der Waals surface area contributed by atoms with Crippen molar-refractivity contribution in [2.75, 3.05) is 6.54 Å². The fourth-order valence-electron chi connectivity index (χ4n) is 0.885. The van der Waals surface area contributed by atoms with Crippen molar-refractivity contribution in [1.29, 1.82) is 0 Å². The second kappa shape index (κ2) is 3.14. The summed E-state index contributed by atoms with van der Waals surface area (Å²) in [5, 5.41) is 5.85. The van der Waals surface area contributed by atoms with Gasteiger partial charge in [0.1, 0.15) is 0 Å². The molecule has 0 aliphatic carbocycles. The molecule has 58 valence electrons. The van der Waals surface area contributed by atoms with E-state index in [9.17, 15) is 0 Å². The van der Waals surface area contributed by atoms with Crippen molar-refractivity contribution in [1.82, 2.24) is 5.01 Å². The van der Waals surface area contributed by atoms with Gasteiger partial charge in [0.05, 0.1) is 6.21 Å². The molecular formula is C8H11N3. The normalized spacial score (nSPS) is 19.9. The number of nitrogens with zero attached hydrogens (tertiary/aromatic N) is 3. The second-order valence-electron chi connectivity index (χ2n) is 2.12. The van der Waals surface area contributed by atoms with E-state index in [2.05, 4.69) is 23.3 Å². The van der Waals surface area contributed by atoms with Crippen LogP contribution in [0.15, 0.2) is 35.0 Å². The molecule has 1 aliphatic heterocycles. The largest absolute Gasteiger partial charge is 0.248 e. The predicted octanol–water partition coefficient (Wildman–Crippen LogP) is 1.41. The molecule has 0 aromatic heterocycles. The van der Waals surface area contributed by atoms with Crippen LogP contribution in [0.25, 0.3) is 0 Å². The van der Waals surface area contributed by atoms with E-state index in [1.54, 1.807) is 11.2 Å². The van der Waals surface area contributed by atoms with Crippen molar-refractivity contribution in [2.45, 2.75) is 6.92 Å². The zero-order valence-corrected chi connectivity index (χ0v) is 6.62. The van der Waals surface area contributed by atoms with Gasteiger partial charge in [-0.25, -0.2) is 10.0 Å². The smallest absolute Gasteiger partial charge is 0.157 e. The van der Waals surface area contributed by atoms with Crippen LogP contribution in [-0.2, 0) is 0 Å². The van der Waals surface area contributed by atoms with E-state index in [0.717, 1.165) is 18.0 Å². The van der Waals surface area contributed by atoms with E-state index in [0.29, 0.717) is 0 Å². The van der Waals surface area contributed by atoms with Crippen LogP contribution in [0.3, 0.4) is 0 Å². The van der Waals surface area contributed by atoms with Gasteiger partial charge < -0.3 is 0 Å². The van der Waals surface area contributed by atoms with E-state index in [-0.39, 0.29) is 0 Å². The Morgan fingerprint density at radius 2 is 2.55 bits per heavy atom. The lowest BCUT2D eigenvalue weighted by atomic mass is 10.3. The number of likely N-dealkylation sites (N-methyl/N-ethyl adjacent to an activating group) is 1. The maximum absolute atomic E-state index is 4.07. The van der Waals surface area contributed by atoms with Crippen LogP contribution in [0.2, 0.25) is 0 Å². The summed E-state index contributed by atoms with van der Waals surface area (Å²) in [7, 11) is 0. The highest BCUT2D eigenvalue weighted by molar-refractivity contribution is 6.17. The third-order valence-electron chi connectivity index (χ3n) is 1.40. The molecule has 0 unspecified atom stereocenters. The van der Waals surface area contributed by atoms with Gasteiger partial charge in [0.15, 0.2) is 5.84 Å². The average molecular weight is 149 g/mol. The highest BCUT2D eigenvalue weighted by atomic mass is 15.5. The number of aliphatic imine (C=N–C) groups is 1. The summed E-state index contributed by atoms with van der Waals surface area (Å²) >= 11 is 0. The topological polar surface area (TPSA) is 28.0 Å². The van der Waals surface area contributed by atoms with Crippen LogP contribution in [0, 0.1) is 0 Å². The molecule has 0 fully saturated rings. The Kier molecular flexibility index (Phi) is 2.21. The Morgan fingerprint density at radius 1 is 1.82 bits per heavy atom. The summed E-state index contributed by atoms with van der Waals surface area (Å²) < 4.78 is 0. The van der Waals surface area contributed by atoms with Crippen molar-refractivity contribution < 1.29 is 0 Å². The zero-order valence-electron chi connectivity index (χ0n) is 6.62. The van der Waals surface area contributed by atoms with Gasteiger partial charge in [-0.15, -0.1) is 0 Å². The molecule has 0 N–H and O–H groups in total. The van der Waals surface area contributed by atoms with Crippen molar-refractivity contribution in [3.63, 3.8) is 0 Å². The maximum Gasteiger partial charge on any atom is 0.157 e. The molecule has 1 heterocycles. The number of hydrazone groups is 1. The maximum atomic E-state index is 4.07. The number of hydrogen-bond acceptors (Lipinski definition) is 2. The highest BCUT2D eigenvalue weighted by Crippen LogP contribution is 2.08. The third-order valence-corrected chi connectivity index (χ3v) is 1.40. The monoisotopic (exact) mass is 149 g/mol. The first kappa shape index (κ1) is 7.72. The first-order valence-corrected chi connectivity index (χ1v) is 3.49. The molecule has 3 heteroatoms. The van der Waals surface area contributed by atoms with Crippen molar-refractivity contribution in [3.8, 4) is 0 Å². The first-order chi connectivity index (χ1) is 5.29. The summed E-state index contributed by atoms with van der Waals surface area (Å²) in [5.74, 6) is 0.794. The molecule has 0 aromatic carbocycles. The summed E-state index contributed by atoms with van der Waals surface area (Å²) in [4.78, 5) is 4.04. The fraction of sp³-hybridized carbons (Fsp3) is 0.250. The van der Waals surface area contributed by atoms with Crippen LogP contribution in [-0.4, -0.2) is 23.6 Å². The van der Waals surface area contributed by atoms with Crippen LogP contribution >= 0.6 is 0 Å². The minimum Gasteiger partial charge on any atom is -0.248 e. The quantitative estimate of drug-likeness (QED) is 0.583. The lowest BCUT2D eigenvalue weighted by molar-refractivity contribution is 0.484. The molecule has 0 amide bonds. The first-order valence-electron chi connectivity index (χ1n) is 3.49. The predicted molar refractivity (Wildman–Crippen MR) is 47.6 cm³/mol. The summed E-state index contributed by atoms with van der Waals surface area (Å²) in [5.41, 5.74) is 0.840. The Hall–Kier alpha value is -1.38. The van der Waals surface area contributed by atoms with E-state index in [4.69, 9.17) is 0 Å². The van der Waals surface area contributed by atoms with Gasteiger partial charge in [-0.2, -0.15) is 5.10 Å². The van der Waals surface area contributed by atoms with E-state index >= 15 is 0 Å². The van der Waals surface area contributed by atoms with Gasteiger partial charge >= 0.3 is 0 Å². The fourth-order valence-corrected chi connectivity index (χ4v) is 0.885.